The molecule has 6 heteroatoms. The minimum Gasteiger partial charge on any atom is -0.476 e. The summed E-state index contributed by atoms with van der Waals surface area (Å²) < 4.78 is 7.30. The number of anilines is 2. The molecule has 0 fully saturated rings. The number of hydrogen-bond donors (Lipinski definition) is 2. The van der Waals surface area contributed by atoms with Gasteiger partial charge in [-0.1, -0.05) is 6.92 Å². The van der Waals surface area contributed by atoms with E-state index in [2.05, 4.69) is 15.4 Å². The van der Waals surface area contributed by atoms with Gasteiger partial charge in [0.05, 0.1) is 18.0 Å². The molecule has 0 amide bonds. The van der Waals surface area contributed by atoms with Gasteiger partial charge in [0.25, 0.3) is 0 Å². The molecule has 20 heavy (non-hydrogen) atoms. The Hall–Kier alpha value is -2.24. The summed E-state index contributed by atoms with van der Waals surface area (Å²) in [6.45, 7) is 3.43. The Kier molecular flexibility index (Phi) is 4.81. The first-order valence-corrected chi connectivity index (χ1v) is 6.80. The zero-order chi connectivity index (χ0) is 14.4. The molecule has 0 bridgehead atoms. The first-order chi connectivity index (χ1) is 9.69. The second-order valence-corrected chi connectivity index (χ2v) is 4.60. The summed E-state index contributed by atoms with van der Waals surface area (Å²) in [5.41, 5.74) is 7.44. The van der Waals surface area contributed by atoms with Gasteiger partial charge in [-0.25, -0.2) is 0 Å². The van der Waals surface area contributed by atoms with Crippen LogP contribution in [0.1, 0.15) is 19.0 Å². The van der Waals surface area contributed by atoms with Gasteiger partial charge < -0.3 is 15.8 Å². The molecule has 0 radical (unpaired) electrons. The van der Waals surface area contributed by atoms with Crippen molar-refractivity contribution >= 4 is 11.5 Å². The second kappa shape index (κ2) is 6.79. The smallest absolute Gasteiger partial charge is 0.239 e. The third kappa shape index (κ3) is 3.88. The number of rotatable bonds is 7. The predicted octanol–water partition coefficient (Wildman–Crippen LogP) is 1.84. The molecule has 0 saturated heterocycles. The minimum absolute atomic E-state index is 0.495. The van der Waals surface area contributed by atoms with Gasteiger partial charge in [0.1, 0.15) is 5.82 Å². The molecule has 2 heterocycles. The summed E-state index contributed by atoms with van der Waals surface area (Å²) in [6, 6.07) is 5.67. The van der Waals surface area contributed by atoms with Gasteiger partial charge in [-0.15, -0.1) is 0 Å². The van der Waals surface area contributed by atoms with Crippen LogP contribution in [0, 0.1) is 0 Å². The highest BCUT2D eigenvalue weighted by Gasteiger charge is 2.04. The summed E-state index contributed by atoms with van der Waals surface area (Å²) in [6.07, 6.45) is 3.71. The molecular formula is C14H21N5O. The van der Waals surface area contributed by atoms with E-state index in [1.165, 1.54) is 0 Å². The molecule has 0 atom stereocenters. The fourth-order valence-corrected chi connectivity index (χ4v) is 1.78. The van der Waals surface area contributed by atoms with Gasteiger partial charge in [0, 0.05) is 26.2 Å². The van der Waals surface area contributed by atoms with Crippen molar-refractivity contribution in [2.45, 2.75) is 19.8 Å². The van der Waals surface area contributed by atoms with Gasteiger partial charge in [0.15, 0.2) is 0 Å². The molecule has 2 aromatic heterocycles. The van der Waals surface area contributed by atoms with Crippen LogP contribution in [0.25, 0.3) is 0 Å². The van der Waals surface area contributed by atoms with Crippen molar-refractivity contribution in [2.75, 3.05) is 24.2 Å². The van der Waals surface area contributed by atoms with E-state index in [0.29, 0.717) is 18.2 Å². The van der Waals surface area contributed by atoms with Crippen LogP contribution in [0.5, 0.6) is 5.88 Å². The van der Waals surface area contributed by atoms with Crippen molar-refractivity contribution in [3.63, 3.8) is 0 Å². The van der Waals surface area contributed by atoms with Gasteiger partial charge in [-0.2, -0.15) is 10.1 Å². The quantitative estimate of drug-likeness (QED) is 0.806. The topological polar surface area (TPSA) is 78.0 Å². The lowest BCUT2D eigenvalue weighted by atomic mass is 10.3. The monoisotopic (exact) mass is 275 g/mol. The highest BCUT2D eigenvalue weighted by atomic mass is 16.5. The number of nitrogens with two attached hydrogens (primary N) is 1. The highest BCUT2D eigenvalue weighted by Crippen LogP contribution is 2.20. The molecular weight excluding hydrogens is 254 g/mol. The van der Waals surface area contributed by atoms with Crippen LogP contribution in [0.15, 0.2) is 24.4 Å². The molecule has 0 aliphatic carbocycles. The van der Waals surface area contributed by atoms with E-state index in [0.717, 1.165) is 30.9 Å². The summed E-state index contributed by atoms with van der Waals surface area (Å²) >= 11 is 0. The maximum atomic E-state index is 5.82. The van der Waals surface area contributed by atoms with Crippen molar-refractivity contribution < 1.29 is 4.74 Å². The Morgan fingerprint density at radius 1 is 1.35 bits per heavy atom. The number of pyridine rings is 1. The van der Waals surface area contributed by atoms with E-state index < -0.39 is 0 Å². The molecule has 6 nitrogen and oxygen atoms in total. The van der Waals surface area contributed by atoms with E-state index in [4.69, 9.17) is 10.5 Å². The first-order valence-electron chi connectivity index (χ1n) is 6.80. The molecule has 3 N–H and O–H groups in total. The van der Waals surface area contributed by atoms with Gasteiger partial charge in [-0.3, -0.25) is 4.68 Å². The number of hydrogen-bond acceptors (Lipinski definition) is 5. The molecule has 2 aromatic rings. The Bertz CT molecular complexity index is 552. The lowest BCUT2D eigenvalue weighted by Gasteiger charge is -2.10. The van der Waals surface area contributed by atoms with Crippen LogP contribution in [0.2, 0.25) is 0 Å². The lowest BCUT2D eigenvalue weighted by molar-refractivity contribution is 0.307. The van der Waals surface area contributed by atoms with Crippen molar-refractivity contribution in [2.24, 2.45) is 7.05 Å². The number of nitrogens with one attached hydrogen (secondary N) is 1. The van der Waals surface area contributed by atoms with E-state index in [1.54, 1.807) is 10.7 Å². The summed E-state index contributed by atoms with van der Waals surface area (Å²) in [4.78, 5) is 4.36. The summed E-state index contributed by atoms with van der Waals surface area (Å²) in [5.74, 6) is 1.26. The minimum atomic E-state index is 0.495. The first kappa shape index (κ1) is 14.2. The largest absolute Gasteiger partial charge is 0.476 e. The third-order valence-electron chi connectivity index (χ3n) is 2.79. The van der Waals surface area contributed by atoms with Gasteiger partial charge in [0.2, 0.25) is 5.88 Å². The maximum Gasteiger partial charge on any atom is 0.239 e. The summed E-state index contributed by atoms with van der Waals surface area (Å²) in [5, 5.41) is 7.58. The van der Waals surface area contributed by atoms with Crippen molar-refractivity contribution in [1.29, 1.82) is 0 Å². The van der Waals surface area contributed by atoms with Crippen LogP contribution in [-0.2, 0) is 13.5 Å². The van der Waals surface area contributed by atoms with Crippen LogP contribution in [0.3, 0.4) is 0 Å². The molecule has 0 aliphatic heterocycles. The van der Waals surface area contributed by atoms with Crippen molar-refractivity contribution in [1.82, 2.24) is 14.8 Å². The van der Waals surface area contributed by atoms with Crippen molar-refractivity contribution in [3.05, 3.63) is 30.1 Å². The fraction of sp³-hybridized carbons (Fsp3) is 0.429. The van der Waals surface area contributed by atoms with Crippen LogP contribution < -0.4 is 15.8 Å². The number of aryl methyl sites for hydroxylation is 1. The average Bonchev–Trinajstić information content (AvgIpc) is 2.85. The van der Waals surface area contributed by atoms with E-state index in [-0.39, 0.29) is 0 Å². The van der Waals surface area contributed by atoms with Gasteiger partial charge in [-0.05, 0) is 24.6 Å². The van der Waals surface area contributed by atoms with E-state index in [1.807, 2.05) is 32.3 Å². The predicted molar refractivity (Wildman–Crippen MR) is 79.8 cm³/mol. The second-order valence-electron chi connectivity index (χ2n) is 4.60. The average molecular weight is 275 g/mol. The zero-order valence-corrected chi connectivity index (χ0v) is 12.0. The zero-order valence-electron chi connectivity index (χ0n) is 12.0. The Labute approximate surface area is 119 Å². The van der Waals surface area contributed by atoms with Crippen LogP contribution in [-0.4, -0.2) is 27.9 Å². The van der Waals surface area contributed by atoms with E-state index in [9.17, 15) is 0 Å². The summed E-state index contributed by atoms with van der Waals surface area (Å²) in [7, 11) is 1.91. The van der Waals surface area contributed by atoms with Gasteiger partial charge >= 0.3 is 0 Å². The van der Waals surface area contributed by atoms with Crippen LogP contribution in [0.4, 0.5) is 11.5 Å². The molecule has 2 rings (SSSR count). The lowest BCUT2D eigenvalue weighted by Crippen LogP contribution is -2.09. The number of nitrogen functional groups attached to an aromatic ring is 1. The normalized spacial score (nSPS) is 10.5. The highest BCUT2D eigenvalue weighted by molar-refractivity contribution is 5.53. The fourth-order valence-electron chi connectivity index (χ4n) is 1.78. The SMILES string of the molecule is CCCOc1nc(NCCc2ccn(C)n2)ccc1N. The molecule has 108 valence electrons. The maximum absolute atomic E-state index is 5.82. The van der Waals surface area contributed by atoms with Crippen LogP contribution >= 0.6 is 0 Å². The number of nitrogens with zero attached hydrogens (tertiary/aromatic N) is 3. The Balaban J connectivity index is 1.89. The van der Waals surface area contributed by atoms with E-state index >= 15 is 0 Å². The Morgan fingerprint density at radius 3 is 2.90 bits per heavy atom. The standard InChI is InChI=1S/C14H21N5O/c1-3-10-20-14-12(15)4-5-13(17-14)16-8-6-11-7-9-19(2)18-11/h4-5,7,9H,3,6,8,10,15H2,1-2H3,(H,16,17). The Morgan fingerprint density at radius 2 is 2.20 bits per heavy atom. The molecule has 0 unspecified atom stereocenters. The number of ether oxygens (including phenoxy) is 1. The third-order valence-corrected chi connectivity index (χ3v) is 2.79. The molecule has 0 spiro atoms. The molecule has 0 aliphatic rings. The van der Waals surface area contributed by atoms with Crippen molar-refractivity contribution in [3.8, 4) is 5.88 Å². The number of aromatic nitrogens is 3. The molecule has 0 aromatic carbocycles. The molecule has 0 saturated carbocycles.